The molecule has 7 nitrogen and oxygen atoms in total. The third kappa shape index (κ3) is 4.81. The van der Waals surface area contributed by atoms with Gasteiger partial charge in [-0.1, -0.05) is 24.3 Å². The van der Waals surface area contributed by atoms with Gasteiger partial charge in [-0.2, -0.15) is 0 Å². The Labute approximate surface area is 213 Å². The molecule has 1 N–H and O–H groups in total. The molecule has 0 radical (unpaired) electrons. The fraction of sp³-hybridized carbons (Fsp3) is 0.517. The van der Waals surface area contributed by atoms with Crippen LogP contribution in [0.15, 0.2) is 42.5 Å². The molecule has 7 heteroatoms. The fourth-order valence-electron chi connectivity index (χ4n) is 6.10. The summed E-state index contributed by atoms with van der Waals surface area (Å²) in [5.74, 6) is 2.18. The number of methoxy groups -OCH3 is 2. The third-order valence-corrected chi connectivity index (χ3v) is 8.20. The second-order valence-electron chi connectivity index (χ2n) is 10.4. The molecular weight excluding hydrogens is 454 g/mol. The van der Waals surface area contributed by atoms with Crippen molar-refractivity contribution in [2.24, 2.45) is 5.92 Å². The van der Waals surface area contributed by atoms with Crippen molar-refractivity contribution in [1.29, 1.82) is 0 Å². The molecule has 2 aromatic carbocycles. The molecule has 2 heterocycles. The molecule has 192 valence electrons. The van der Waals surface area contributed by atoms with Crippen molar-refractivity contribution in [3.8, 4) is 11.5 Å². The number of nitrogens with one attached hydrogen (secondary N) is 1. The highest BCUT2D eigenvalue weighted by Crippen LogP contribution is 2.39. The van der Waals surface area contributed by atoms with Crippen LogP contribution in [0.5, 0.6) is 11.5 Å². The molecule has 3 aliphatic rings. The van der Waals surface area contributed by atoms with Crippen molar-refractivity contribution in [3.05, 3.63) is 59.2 Å². The zero-order chi connectivity index (χ0) is 25.1. The first kappa shape index (κ1) is 24.6. The molecule has 2 saturated heterocycles. The topological polar surface area (TPSA) is 71.1 Å². The van der Waals surface area contributed by atoms with Gasteiger partial charge in [0.2, 0.25) is 0 Å². The average Bonchev–Trinajstić information content (AvgIpc) is 3.04. The maximum atomic E-state index is 13.7. The molecule has 5 rings (SSSR count). The summed E-state index contributed by atoms with van der Waals surface area (Å²) in [6, 6.07) is 13.9. The number of aryl methyl sites for hydroxylation is 2. The molecule has 0 aromatic heterocycles. The molecule has 2 aromatic rings. The van der Waals surface area contributed by atoms with Gasteiger partial charge in [-0.25, -0.2) is 9.69 Å². The van der Waals surface area contributed by atoms with Gasteiger partial charge in [0.1, 0.15) is 17.0 Å². The second kappa shape index (κ2) is 10.5. The number of ether oxygens (including phenoxy) is 2. The monoisotopic (exact) mass is 491 g/mol. The number of hydrogen-bond acceptors (Lipinski definition) is 5. The van der Waals surface area contributed by atoms with Gasteiger partial charge in [0.15, 0.2) is 0 Å². The van der Waals surface area contributed by atoms with E-state index < -0.39 is 5.54 Å². The van der Waals surface area contributed by atoms with Crippen LogP contribution in [0.4, 0.5) is 4.79 Å². The molecule has 2 fully saturated rings. The Morgan fingerprint density at radius 1 is 1.00 bits per heavy atom. The van der Waals surface area contributed by atoms with E-state index in [0.29, 0.717) is 19.0 Å². The Kier molecular flexibility index (Phi) is 7.19. The minimum atomic E-state index is -0.902. The zero-order valence-corrected chi connectivity index (χ0v) is 21.4. The highest BCUT2D eigenvalue weighted by Gasteiger charge is 2.53. The van der Waals surface area contributed by atoms with Crippen LogP contribution in [-0.2, 0) is 23.2 Å². The highest BCUT2D eigenvalue weighted by molar-refractivity contribution is 6.07. The summed E-state index contributed by atoms with van der Waals surface area (Å²) in [7, 11) is 3.35. The van der Waals surface area contributed by atoms with Crippen LogP contribution in [0.2, 0.25) is 0 Å². The summed E-state index contributed by atoms with van der Waals surface area (Å²) in [6.45, 7) is 2.16. The summed E-state index contributed by atoms with van der Waals surface area (Å²) in [5.41, 5.74) is 2.48. The lowest BCUT2D eigenvalue weighted by Crippen LogP contribution is -2.47. The van der Waals surface area contributed by atoms with E-state index in [2.05, 4.69) is 28.4 Å². The minimum Gasteiger partial charge on any atom is -0.497 e. The molecule has 1 aliphatic carbocycles. The quantitative estimate of drug-likeness (QED) is 0.579. The Morgan fingerprint density at radius 2 is 1.72 bits per heavy atom. The van der Waals surface area contributed by atoms with E-state index in [1.165, 1.54) is 16.0 Å². The van der Waals surface area contributed by atoms with E-state index >= 15 is 0 Å². The summed E-state index contributed by atoms with van der Waals surface area (Å²) < 4.78 is 10.8. The normalized spacial score (nSPS) is 22.9. The van der Waals surface area contributed by atoms with E-state index in [0.717, 1.165) is 75.1 Å². The molecular formula is C29H37N3O4. The number of carbonyl (C=O) groups is 2. The number of benzene rings is 2. The van der Waals surface area contributed by atoms with E-state index in [9.17, 15) is 9.59 Å². The predicted molar refractivity (Wildman–Crippen MR) is 138 cm³/mol. The number of carbonyl (C=O) groups excluding carboxylic acids is 2. The van der Waals surface area contributed by atoms with Crippen molar-refractivity contribution in [3.63, 3.8) is 0 Å². The Morgan fingerprint density at radius 3 is 2.44 bits per heavy atom. The van der Waals surface area contributed by atoms with Crippen molar-refractivity contribution >= 4 is 11.9 Å². The zero-order valence-electron chi connectivity index (χ0n) is 21.4. The standard InChI is InChI=1S/C29H37N3O4/c1-35-24-17-22(18-25(19-24)36-2)11-10-21-12-15-31(16-13-21)20-32-27(33)29(30-28(32)34)14-6-5-8-23-7-3-4-9-26(23)29/h3-4,7,9,17-19,21H,5-6,8,10-16,20H2,1-2H3,(H,30,34). The third-order valence-electron chi connectivity index (χ3n) is 8.20. The number of fused-ring (bicyclic) bond motifs is 2. The number of imide groups is 1. The van der Waals surface area contributed by atoms with Gasteiger partial charge >= 0.3 is 6.03 Å². The maximum absolute atomic E-state index is 13.7. The summed E-state index contributed by atoms with van der Waals surface area (Å²) in [4.78, 5) is 30.4. The van der Waals surface area contributed by atoms with Crippen molar-refractivity contribution in [2.45, 2.75) is 56.9 Å². The van der Waals surface area contributed by atoms with E-state index in [1.54, 1.807) is 14.2 Å². The summed E-state index contributed by atoms with van der Waals surface area (Å²) in [5, 5.41) is 3.11. The first-order valence-corrected chi connectivity index (χ1v) is 13.2. The first-order chi connectivity index (χ1) is 17.5. The largest absolute Gasteiger partial charge is 0.497 e. The molecule has 1 spiro atoms. The van der Waals surface area contributed by atoms with Gasteiger partial charge in [-0.3, -0.25) is 9.69 Å². The SMILES string of the molecule is COc1cc(CCC2CCN(CN3C(=O)NC4(CCCCc5ccccc54)C3=O)CC2)cc(OC)c1. The molecule has 1 atom stereocenters. The van der Waals surface area contributed by atoms with Crippen molar-refractivity contribution in [2.75, 3.05) is 34.0 Å². The molecule has 36 heavy (non-hydrogen) atoms. The van der Waals surface area contributed by atoms with Gasteiger partial charge in [-0.15, -0.1) is 0 Å². The van der Waals surface area contributed by atoms with Crippen LogP contribution in [-0.4, -0.2) is 55.7 Å². The van der Waals surface area contributed by atoms with Crippen LogP contribution in [0.3, 0.4) is 0 Å². The number of nitrogens with zero attached hydrogens (tertiary/aromatic N) is 2. The summed E-state index contributed by atoms with van der Waals surface area (Å²) >= 11 is 0. The minimum absolute atomic E-state index is 0.0871. The first-order valence-electron chi connectivity index (χ1n) is 13.2. The number of rotatable bonds is 7. The van der Waals surface area contributed by atoms with Crippen LogP contribution in [0.1, 0.15) is 55.2 Å². The number of urea groups is 1. The second-order valence-corrected chi connectivity index (χ2v) is 10.4. The lowest BCUT2D eigenvalue weighted by atomic mass is 9.84. The molecule has 0 saturated carbocycles. The molecule has 2 aliphatic heterocycles. The van der Waals surface area contributed by atoms with Crippen molar-refractivity contribution < 1.29 is 19.1 Å². The van der Waals surface area contributed by atoms with Crippen LogP contribution in [0, 0.1) is 5.92 Å². The number of hydrogen-bond donors (Lipinski definition) is 1. The van der Waals surface area contributed by atoms with Gasteiger partial charge < -0.3 is 14.8 Å². The predicted octanol–water partition coefficient (Wildman–Crippen LogP) is 4.48. The van der Waals surface area contributed by atoms with Crippen LogP contribution >= 0.6 is 0 Å². The molecule has 3 amide bonds. The van der Waals surface area contributed by atoms with Gasteiger partial charge in [-0.05, 0) is 86.1 Å². The lowest BCUT2D eigenvalue weighted by Gasteiger charge is -2.34. The van der Waals surface area contributed by atoms with Crippen LogP contribution < -0.4 is 14.8 Å². The van der Waals surface area contributed by atoms with Gasteiger partial charge in [0.25, 0.3) is 5.91 Å². The molecule has 1 unspecified atom stereocenters. The average molecular weight is 492 g/mol. The number of likely N-dealkylation sites (tertiary alicyclic amines) is 1. The fourth-order valence-corrected chi connectivity index (χ4v) is 6.10. The Hall–Kier alpha value is -3.06. The Balaban J connectivity index is 1.18. The van der Waals surface area contributed by atoms with Crippen molar-refractivity contribution in [1.82, 2.24) is 15.1 Å². The van der Waals surface area contributed by atoms with E-state index in [4.69, 9.17) is 9.47 Å². The lowest BCUT2D eigenvalue weighted by molar-refractivity contribution is -0.133. The van der Waals surface area contributed by atoms with Gasteiger partial charge in [0, 0.05) is 19.2 Å². The molecule has 0 bridgehead atoms. The maximum Gasteiger partial charge on any atom is 0.326 e. The number of piperidine rings is 1. The van der Waals surface area contributed by atoms with E-state index in [1.807, 2.05) is 24.3 Å². The highest BCUT2D eigenvalue weighted by atomic mass is 16.5. The van der Waals surface area contributed by atoms with E-state index in [-0.39, 0.29) is 11.9 Å². The number of amides is 3. The Bertz CT molecular complexity index is 1090. The van der Waals surface area contributed by atoms with Crippen LogP contribution in [0.25, 0.3) is 0 Å². The van der Waals surface area contributed by atoms with Gasteiger partial charge in [0.05, 0.1) is 20.9 Å². The summed E-state index contributed by atoms with van der Waals surface area (Å²) in [6.07, 6.45) is 7.81. The smallest absolute Gasteiger partial charge is 0.326 e.